The van der Waals surface area contributed by atoms with Crippen molar-refractivity contribution in [3.8, 4) is 5.75 Å². The van der Waals surface area contributed by atoms with Crippen LogP contribution in [0.15, 0.2) is 83.8 Å². The monoisotopic (exact) mass is 704 g/mol. The number of carbonyl (C=O) groups is 1. The molecule has 2 heterocycles. The number of hydrogen-bond donors (Lipinski definition) is 2. The van der Waals surface area contributed by atoms with Crippen LogP contribution in [0.1, 0.15) is 70.6 Å². The Morgan fingerprint density at radius 2 is 1.80 bits per heavy atom. The number of aromatic nitrogens is 3. The molecule has 9 nitrogen and oxygen atoms in total. The van der Waals surface area contributed by atoms with Crippen molar-refractivity contribution in [2.24, 2.45) is 10.9 Å². The summed E-state index contributed by atoms with van der Waals surface area (Å²) in [6.07, 6.45) is 8.17. The highest BCUT2D eigenvalue weighted by molar-refractivity contribution is 6.08. The number of methoxy groups -OCH3 is 1. The SMILES string of the molecule is C=C(Nc1ccnc(NC(C)=O)c1)/C(=C\N=C(C)c1nn(Cc2c(F)cc(OCCOC)cc2F)c2ccccc12)C(CCC)CCCCCF. The van der Waals surface area contributed by atoms with Crippen LogP contribution in [0.4, 0.5) is 24.7 Å². The molecule has 0 fully saturated rings. The molecule has 1 atom stereocenters. The molecular formula is C39H47F3N6O3. The third-order valence-electron chi connectivity index (χ3n) is 8.35. The van der Waals surface area contributed by atoms with Crippen molar-refractivity contribution < 1.29 is 27.4 Å². The Labute approximate surface area is 297 Å². The molecule has 4 aromatic rings. The average Bonchev–Trinajstić information content (AvgIpc) is 3.46. The predicted molar refractivity (Wildman–Crippen MR) is 197 cm³/mol. The molecule has 0 aliphatic rings. The molecule has 0 radical (unpaired) electrons. The fraction of sp³-hybridized carbons (Fsp3) is 0.385. The molecule has 2 aromatic heterocycles. The largest absolute Gasteiger partial charge is 0.491 e. The lowest BCUT2D eigenvalue weighted by atomic mass is 9.88. The van der Waals surface area contributed by atoms with Crippen LogP contribution < -0.4 is 15.4 Å². The van der Waals surface area contributed by atoms with E-state index >= 15 is 8.78 Å². The van der Waals surface area contributed by atoms with Crippen LogP contribution in [0, 0.1) is 17.6 Å². The summed E-state index contributed by atoms with van der Waals surface area (Å²) in [6, 6.07) is 13.3. The highest BCUT2D eigenvalue weighted by Crippen LogP contribution is 2.31. The van der Waals surface area contributed by atoms with Gasteiger partial charge in [0.2, 0.25) is 5.91 Å². The summed E-state index contributed by atoms with van der Waals surface area (Å²) < 4.78 is 55.2. The van der Waals surface area contributed by atoms with Crippen molar-refractivity contribution in [2.75, 3.05) is 37.6 Å². The lowest BCUT2D eigenvalue weighted by Gasteiger charge is -2.22. The minimum atomic E-state index is -0.737. The van der Waals surface area contributed by atoms with Gasteiger partial charge in [0.05, 0.1) is 31.1 Å². The van der Waals surface area contributed by atoms with E-state index in [-0.39, 0.29) is 43.0 Å². The number of anilines is 2. The van der Waals surface area contributed by atoms with Gasteiger partial charge in [-0.25, -0.2) is 13.8 Å². The summed E-state index contributed by atoms with van der Waals surface area (Å²) in [5.74, 6) is -1.13. The van der Waals surface area contributed by atoms with Crippen LogP contribution in [0.5, 0.6) is 5.75 Å². The van der Waals surface area contributed by atoms with Gasteiger partial charge in [0, 0.05) is 67.0 Å². The number of rotatable bonds is 20. The second-order valence-corrected chi connectivity index (χ2v) is 12.3. The van der Waals surface area contributed by atoms with Crippen LogP contribution >= 0.6 is 0 Å². The first kappa shape index (κ1) is 38.8. The maximum absolute atomic E-state index is 15.2. The van der Waals surface area contributed by atoms with Crippen LogP contribution in [-0.2, 0) is 16.1 Å². The number of carbonyl (C=O) groups excluding carboxylic acids is 1. The quantitative estimate of drug-likeness (QED) is 0.0541. The minimum absolute atomic E-state index is 0.0827. The number of pyridine rings is 1. The lowest BCUT2D eigenvalue weighted by Crippen LogP contribution is -2.13. The van der Waals surface area contributed by atoms with Crippen molar-refractivity contribution in [2.45, 2.75) is 65.8 Å². The van der Waals surface area contributed by atoms with Crippen LogP contribution in [0.2, 0.25) is 0 Å². The number of amides is 1. The minimum Gasteiger partial charge on any atom is -0.491 e. The summed E-state index contributed by atoms with van der Waals surface area (Å²) in [7, 11) is 1.52. The molecule has 272 valence electrons. The van der Waals surface area contributed by atoms with Gasteiger partial charge in [-0.05, 0) is 49.8 Å². The number of aliphatic imine (C=N–C) groups is 1. The number of allylic oxidation sites excluding steroid dienone is 1. The first-order chi connectivity index (χ1) is 24.6. The Morgan fingerprint density at radius 3 is 2.51 bits per heavy atom. The topological polar surface area (TPSA) is 103 Å². The number of nitrogens with one attached hydrogen (secondary N) is 2. The summed E-state index contributed by atoms with van der Waals surface area (Å²) in [5, 5.41) is 11.6. The normalized spacial score (nSPS) is 12.6. The number of ether oxygens (including phenoxy) is 2. The van der Waals surface area contributed by atoms with E-state index in [1.54, 1.807) is 29.2 Å². The Morgan fingerprint density at radius 1 is 1.04 bits per heavy atom. The van der Waals surface area contributed by atoms with Gasteiger partial charge in [-0.3, -0.25) is 18.9 Å². The zero-order chi connectivity index (χ0) is 36.8. The van der Waals surface area contributed by atoms with Crippen molar-refractivity contribution in [1.29, 1.82) is 0 Å². The fourth-order valence-electron chi connectivity index (χ4n) is 5.85. The third kappa shape index (κ3) is 11.0. The van der Waals surface area contributed by atoms with E-state index < -0.39 is 11.6 Å². The summed E-state index contributed by atoms with van der Waals surface area (Å²) >= 11 is 0. The first-order valence-electron chi connectivity index (χ1n) is 17.2. The molecule has 51 heavy (non-hydrogen) atoms. The second kappa shape index (κ2) is 19.4. The molecule has 0 saturated carbocycles. The lowest BCUT2D eigenvalue weighted by molar-refractivity contribution is -0.114. The Bertz CT molecular complexity index is 1830. The summed E-state index contributed by atoms with van der Waals surface area (Å²) in [4.78, 5) is 20.7. The van der Waals surface area contributed by atoms with Gasteiger partial charge < -0.3 is 20.1 Å². The van der Waals surface area contributed by atoms with E-state index in [1.165, 1.54) is 14.0 Å². The molecule has 0 aliphatic heterocycles. The molecule has 2 aromatic carbocycles. The van der Waals surface area contributed by atoms with E-state index in [0.29, 0.717) is 47.2 Å². The number of para-hydroxylation sites is 1. The van der Waals surface area contributed by atoms with Crippen molar-refractivity contribution in [3.63, 3.8) is 0 Å². The number of halogens is 3. The predicted octanol–water partition coefficient (Wildman–Crippen LogP) is 9.01. The number of alkyl halides is 1. The highest BCUT2D eigenvalue weighted by Gasteiger charge is 2.20. The van der Waals surface area contributed by atoms with Gasteiger partial charge in [-0.2, -0.15) is 5.10 Å². The van der Waals surface area contributed by atoms with Gasteiger partial charge in [0.1, 0.15) is 35.5 Å². The van der Waals surface area contributed by atoms with Crippen molar-refractivity contribution in [3.05, 3.63) is 102 Å². The Hall–Kier alpha value is -4.97. The second-order valence-electron chi connectivity index (χ2n) is 12.3. The van der Waals surface area contributed by atoms with E-state index in [0.717, 1.165) is 55.2 Å². The molecule has 0 spiro atoms. The average molecular weight is 705 g/mol. The smallest absolute Gasteiger partial charge is 0.222 e. The molecule has 12 heteroatoms. The van der Waals surface area contributed by atoms with Gasteiger partial charge in [0.15, 0.2) is 0 Å². The zero-order valence-corrected chi connectivity index (χ0v) is 29.8. The summed E-state index contributed by atoms with van der Waals surface area (Å²) in [5.41, 5.74) is 3.94. The van der Waals surface area contributed by atoms with Crippen molar-refractivity contribution >= 4 is 34.0 Å². The van der Waals surface area contributed by atoms with Crippen molar-refractivity contribution in [1.82, 2.24) is 14.8 Å². The van der Waals surface area contributed by atoms with Gasteiger partial charge in [0.25, 0.3) is 0 Å². The van der Waals surface area contributed by atoms with Crippen LogP contribution in [0.25, 0.3) is 10.9 Å². The third-order valence-corrected chi connectivity index (χ3v) is 8.35. The van der Waals surface area contributed by atoms with Crippen LogP contribution in [-0.4, -0.2) is 53.4 Å². The van der Waals surface area contributed by atoms with Gasteiger partial charge in [-0.1, -0.05) is 51.0 Å². The molecule has 0 bridgehead atoms. The van der Waals surface area contributed by atoms with Gasteiger partial charge in [-0.15, -0.1) is 0 Å². The number of benzene rings is 2. The van der Waals surface area contributed by atoms with E-state index in [2.05, 4.69) is 29.1 Å². The number of nitrogens with zero attached hydrogens (tertiary/aromatic N) is 4. The maximum Gasteiger partial charge on any atom is 0.222 e. The number of hydrogen-bond acceptors (Lipinski definition) is 7. The standard InChI is InChI=1S/C39H47F3N6O3/c1-6-12-29(13-8-7-11-17-40)33(26(2)45-30-16-18-43-38(21-30)46-28(4)49)24-44-27(3)39-32-14-9-10-15-37(32)48(47-39)25-34-35(41)22-31(23-36(34)42)51-20-19-50-5/h9-10,14-16,18,21-24,29H,2,6-8,11-13,17,19-20,25H2,1,3-5H3,(H2,43,45,46,49)/b33-24+,44-27?. The van der Waals surface area contributed by atoms with Gasteiger partial charge >= 0.3 is 0 Å². The number of fused-ring (bicyclic) bond motifs is 1. The van der Waals surface area contributed by atoms with E-state index in [1.807, 2.05) is 31.2 Å². The maximum atomic E-state index is 15.2. The Kier molecular flexibility index (Phi) is 14.8. The van der Waals surface area contributed by atoms with E-state index in [9.17, 15) is 9.18 Å². The molecule has 0 saturated heterocycles. The number of unbranched alkanes of at least 4 members (excludes halogenated alkanes) is 2. The molecule has 1 unspecified atom stereocenters. The zero-order valence-electron chi connectivity index (χ0n) is 29.8. The molecular weight excluding hydrogens is 657 g/mol. The highest BCUT2D eigenvalue weighted by atomic mass is 19.1. The molecule has 4 rings (SSSR count). The molecule has 2 N–H and O–H groups in total. The van der Waals surface area contributed by atoms with E-state index in [4.69, 9.17) is 19.6 Å². The molecule has 1 amide bonds. The Balaban J connectivity index is 1.69. The first-order valence-corrected chi connectivity index (χ1v) is 17.2. The summed E-state index contributed by atoms with van der Waals surface area (Å²) in [6.45, 7) is 9.71. The van der Waals surface area contributed by atoms with Crippen LogP contribution in [0.3, 0.4) is 0 Å². The molecule has 0 aliphatic carbocycles. The fourth-order valence-corrected chi connectivity index (χ4v) is 5.85.